The molecule has 3 rings (SSSR count). The van der Waals surface area contributed by atoms with Crippen LogP contribution in [-0.4, -0.2) is 4.37 Å². The second-order valence-corrected chi connectivity index (χ2v) is 5.31. The van der Waals surface area contributed by atoms with Crippen molar-refractivity contribution in [1.82, 2.24) is 4.37 Å². The van der Waals surface area contributed by atoms with Gasteiger partial charge in [0.1, 0.15) is 10.8 Å². The summed E-state index contributed by atoms with van der Waals surface area (Å²) in [5, 5.41) is 5.56. The maximum atomic E-state index is 13.1. The molecule has 19 heavy (non-hydrogen) atoms. The van der Waals surface area contributed by atoms with Gasteiger partial charge in [0, 0.05) is 11.9 Å². The fraction of sp³-hybridized carbons (Fsp3) is 0.0714. The van der Waals surface area contributed by atoms with E-state index in [-0.39, 0.29) is 5.02 Å². The van der Waals surface area contributed by atoms with Gasteiger partial charge in [0.2, 0.25) is 0 Å². The summed E-state index contributed by atoms with van der Waals surface area (Å²) in [7, 11) is 0. The van der Waals surface area contributed by atoms with Gasteiger partial charge >= 0.3 is 0 Å². The van der Waals surface area contributed by atoms with Crippen molar-refractivity contribution in [2.24, 2.45) is 0 Å². The molecule has 0 radical (unpaired) electrons. The van der Waals surface area contributed by atoms with Gasteiger partial charge < -0.3 is 5.32 Å². The van der Waals surface area contributed by atoms with E-state index in [1.807, 2.05) is 24.3 Å². The Kier molecular flexibility index (Phi) is 3.36. The Labute approximate surface area is 119 Å². The predicted molar refractivity (Wildman–Crippen MR) is 78.4 cm³/mol. The van der Waals surface area contributed by atoms with E-state index in [0.29, 0.717) is 6.54 Å². The van der Waals surface area contributed by atoms with Crippen LogP contribution in [0.2, 0.25) is 5.02 Å². The van der Waals surface area contributed by atoms with Crippen LogP contribution in [0.25, 0.3) is 10.9 Å². The SMILES string of the molecule is Fc1ccc(CNc2snc3ccccc23)cc1Cl. The van der Waals surface area contributed by atoms with E-state index >= 15 is 0 Å². The second kappa shape index (κ2) is 5.15. The number of hydrogen-bond acceptors (Lipinski definition) is 3. The molecule has 1 N–H and O–H groups in total. The third-order valence-electron chi connectivity index (χ3n) is 2.82. The highest BCUT2D eigenvalue weighted by Gasteiger charge is 2.05. The molecule has 1 aromatic heterocycles. The van der Waals surface area contributed by atoms with Crippen LogP contribution in [0.15, 0.2) is 42.5 Å². The third-order valence-corrected chi connectivity index (χ3v) is 3.95. The van der Waals surface area contributed by atoms with E-state index in [1.54, 1.807) is 12.1 Å². The summed E-state index contributed by atoms with van der Waals surface area (Å²) >= 11 is 7.18. The molecule has 0 amide bonds. The van der Waals surface area contributed by atoms with Crippen molar-refractivity contribution >= 4 is 39.0 Å². The lowest BCUT2D eigenvalue weighted by Crippen LogP contribution is -1.98. The van der Waals surface area contributed by atoms with Gasteiger partial charge in [-0.2, -0.15) is 4.37 Å². The minimum absolute atomic E-state index is 0.147. The average Bonchev–Trinajstić information content (AvgIpc) is 2.83. The van der Waals surface area contributed by atoms with Crippen molar-refractivity contribution in [2.45, 2.75) is 6.54 Å². The fourth-order valence-electron chi connectivity index (χ4n) is 1.85. The van der Waals surface area contributed by atoms with Crippen LogP contribution in [0.4, 0.5) is 9.39 Å². The number of benzene rings is 2. The van der Waals surface area contributed by atoms with Crippen molar-refractivity contribution in [3.8, 4) is 0 Å². The number of nitrogens with zero attached hydrogens (tertiary/aromatic N) is 1. The molecule has 1 heterocycles. The minimum atomic E-state index is -0.395. The van der Waals surface area contributed by atoms with Crippen molar-refractivity contribution in [3.05, 3.63) is 58.9 Å². The fourth-order valence-corrected chi connectivity index (χ4v) is 2.81. The number of hydrogen-bond donors (Lipinski definition) is 1. The van der Waals surface area contributed by atoms with E-state index in [0.717, 1.165) is 21.5 Å². The van der Waals surface area contributed by atoms with E-state index in [1.165, 1.54) is 17.6 Å². The van der Waals surface area contributed by atoms with E-state index in [4.69, 9.17) is 11.6 Å². The molecule has 0 saturated heterocycles. The highest BCUT2D eigenvalue weighted by atomic mass is 35.5. The van der Waals surface area contributed by atoms with Crippen LogP contribution < -0.4 is 5.32 Å². The first-order valence-corrected chi connectivity index (χ1v) is 6.91. The lowest BCUT2D eigenvalue weighted by molar-refractivity contribution is 0.627. The summed E-state index contributed by atoms with van der Waals surface area (Å²) in [5.41, 5.74) is 1.91. The lowest BCUT2D eigenvalue weighted by atomic mass is 10.2. The standard InChI is InChI=1S/C14H10ClFN2S/c15-11-7-9(5-6-12(11)16)8-17-14-10-3-1-2-4-13(10)18-19-14/h1-7,17H,8H2. The summed E-state index contributed by atoms with van der Waals surface area (Å²) in [4.78, 5) is 0. The Hall–Kier alpha value is -1.65. The number of anilines is 1. The topological polar surface area (TPSA) is 24.9 Å². The zero-order valence-corrected chi connectivity index (χ0v) is 11.4. The maximum absolute atomic E-state index is 13.1. The molecule has 0 aliphatic rings. The van der Waals surface area contributed by atoms with Crippen LogP contribution in [0.3, 0.4) is 0 Å². The van der Waals surface area contributed by atoms with Crippen LogP contribution in [0.5, 0.6) is 0 Å². The lowest BCUT2D eigenvalue weighted by Gasteiger charge is -2.05. The van der Waals surface area contributed by atoms with Gasteiger partial charge in [-0.1, -0.05) is 29.8 Å². The quantitative estimate of drug-likeness (QED) is 0.757. The molecule has 0 bridgehead atoms. The molecule has 96 valence electrons. The Bertz CT molecular complexity index is 726. The molecular weight excluding hydrogens is 283 g/mol. The summed E-state index contributed by atoms with van der Waals surface area (Å²) in [6.45, 7) is 0.589. The van der Waals surface area contributed by atoms with Gasteiger partial charge in [-0.05, 0) is 41.4 Å². The summed E-state index contributed by atoms with van der Waals surface area (Å²) in [6, 6.07) is 12.7. The van der Waals surface area contributed by atoms with Crippen LogP contribution >= 0.6 is 23.1 Å². The van der Waals surface area contributed by atoms with E-state index in [2.05, 4.69) is 9.69 Å². The van der Waals surface area contributed by atoms with Gasteiger partial charge in [0.25, 0.3) is 0 Å². The van der Waals surface area contributed by atoms with Crippen molar-refractivity contribution in [2.75, 3.05) is 5.32 Å². The number of aromatic nitrogens is 1. The first kappa shape index (κ1) is 12.4. The smallest absolute Gasteiger partial charge is 0.141 e. The molecule has 0 atom stereocenters. The highest BCUT2D eigenvalue weighted by Crippen LogP contribution is 2.28. The number of fused-ring (bicyclic) bond motifs is 1. The van der Waals surface area contributed by atoms with Gasteiger partial charge in [-0.15, -0.1) is 0 Å². The molecule has 0 aliphatic heterocycles. The van der Waals surface area contributed by atoms with Crippen LogP contribution in [-0.2, 0) is 6.54 Å². The summed E-state index contributed by atoms with van der Waals surface area (Å²) < 4.78 is 17.4. The normalized spacial score (nSPS) is 10.8. The number of rotatable bonds is 3. The zero-order chi connectivity index (χ0) is 13.2. The summed E-state index contributed by atoms with van der Waals surface area (Å²) in [6.07, 6.45) is 0. The van der Waals surface area contributed by atoms with Gasteiger partial charge in [-0.3, -0.25) is 0 Å². The molecule has 0 saturated carbocycles. The molecule has 5 heteroatoms. The molecule has 0 spiro atoms. The van der Waals surface area contributed by atoms with Crippen molar-refractivity contribution in [3.63, 3.8) is 0 Å². The molecule has 2 nitrogen and oxygen atoms in total. The van der Waals surface area contributed by atoms with Crippen LogP contribution in [0.1, 0.15) is 5.56 Å². The molecule has 0 fully saturated rings. The van der Waals surface area contributed by atoms with E-state index in [9.17, 15) is 4.39 Å². The Morgan fingerprint density at radius 2 is 2.05 bits per heavy atom. The molecular formula is C14H10ClFN2S. The van der Waals surface area contributed by atoms with Crippen LogP contribution in [0, 0.1) is 5.82 Å². The van der Waals surface area contributed by atoms with Crippen molar-refractivity contribution < 1.29 is 4.39 Å². The molecule has 3 aromatic rings. The number of halogens is 2. The maximum Gasteiger partial charge on any atom is 0.141 e. The zero-order valence-electron chi connectivity index (χ0n) is 9.86. The largest absolute Gasteiger partial charge is 0.371 e. The summed E-state index contributed by atoms with van der Waals surface area (Å²) in [5.74, 6) is -0.395. The monoisotopic (exact) mass is 292 g/mol. The Balaban J connectivity index is 1.80. The highest BCUT2D eigenvalue weighted by molar-refractivity contribution is 7.11. The predicted octanol–water partition coefficient (Wildman–Crippen LogP) is 4.70. The minimum Gasteiger partial charge on any atom is -0.371 e. The molecule has 0 aliphatic carbocycles. The van der Waals surface area contributed by atoms with Gasteiger partial charge in [-0.25, -0.2) is 4.39 Å². The number of nitrogens with one attached hydrogen (secondary N) is 1. The van der Waals surface area contributed by atoms with Crippen molar-refractivity contribution in [1.29, 1.82) is 0 Å². The molecule has 0 unspecified atom stereocenters. The molecule has 2 aromatic carbocycles. The average molecular weight is 293 g/mol. The Morgan fingerprint density at radius 3 is 2.89 bits per heavy atom. The first-order valence-electron chi connectivity index (χ1n) is 5.76. The van der Waals surface area contributed by atoms with E-state index < -0.39 is 5.82 Å². The van der Waals surface area contributed by atoms with Gasteiger partial charge in [0.05, 0.1) is 10.5 Å². The van der Waals surface area contributed by atoms with Gasteiger partial charge in [0.15, 0.2) is 0 Å². The second-order valence-electron chi connectivity index (χ2n) is 4.13. The Morgan fingerprint density at radius 1 is 1.21 bits per heavy atom. The first-order chi connectivity index (χ1) is 9.24. The third kappa shape index (κ3) is 2.55.